The van der Waals surface area contributed by atoms with Gasteiger partial charge in [-0.3, -0.25) is 0 Å². The molecule has 9 heteroatoms. The number of hydrogen-bond acceptors (Lipinski definition) is 5. The number of nitrogens with zero attached hydrogens (tertiary/aromatic N) is 1. The molecular formula is C15H14BrClN2O4S. The topological polar surface area (TPSA) is 77.0 Å². The third-order valence-corrected chi connectivity index (χ3v) is 5.32. The van der Waals surface area contributed by atoms with E-state index in [1.165, 1.54) is 44.7 Å². The summed E-state index contributed by atoms with van der Waals surface area (Å²) < 4.78 is 35.3. The van der Waals surface area contributed by atoms with Gasteiger partial charge in [0.2, 0.25) is 0 Å². The molecule has 1 N–H and O–H groups in total. The van der Waals surface area contributed by atoms with E-state index in [2.05, 4.69) is 25.9 Å². The molecular weight excluding hydrogens is 420 g/mol. The molecule has 0 aliphatic heterocycles. The molecule has 2 rings (SSSR count). The van der Waals surface area contributed by atoms with Crippen LogP contribution < -0.4 is 14.3 Å². The third-order valence-electron chi connectivity index (χ3n) is 3.02. The highest BCUT2D eigenvalue weighted by Crippen LogP contribution is 2.36. The lowest BCUT2D eigenvalue weighted by Crippen LogP contribution is -2.18. The summed E-state index contributed by atoms with van der Waals surface area (Å²) in [5, 5.41) is 4.23. The van der Waals surface area contributed by atoms with Gasteiger partial charge in [-0.2, -0.15) is 13.5 Å². The van der Waals surface area contributed by atoms with Crippen molar-refractivity contribution in [2.45, 2.75) is 4.90 Å². The SMILES string of the molecule is COc1ccc(/C=N/NS(=O)(=O)c2ccc(Cl)cc2)c(Br)c1OC. The molecule has 0 bridgehead atoms. The largest absolute Gasteiger partial charge is 0.493 e. The summed E-state index contributed by atoms with van der Waals surface area (Å²) in [6.07, 6.45) is 1.36. The van der Waals surface area contributed by atoms with Crippen molar-refractivity contribution in [2.24, 2.45) is 5.10 Å². The van der Waals surface area contributed by atoms with E-state index in [0.29, 0.717) is 26.6 Å². The smallest absolute Gasteiger partial charge is 0.276 e. The van der Waals surface area contributed by atoms with Crippen LogP contribution in [-0.2, 0) is 10.0 Å². The maximum atomic E-state index is 12.1. The number of halogens is 2. The lowest BCUT2D eigenvalue weighted by Gasteiger charge is -2.11. The summed E-state index contributed by atoms with van der Waals surface area (Å²) in [4.78, 5) is 2.21. The fourth-order valence-corrected chi connectivity index (χ4v) is 3.35. The van der Waals surface area contributed by atoms with E-state index in [0.717, 1.165) is 0 Å². The van der Waals surface area contributed by atoms with Gasteiger partial charge in [-0.1, -0.05) is 11.6 Å². The van der Waals surface area contributed by atoms with Crippen molar-refractivity contribution in [3.05, 3.63) is 51.5 Å². The van der Waals surface area contributed by atoms with Gasteiger partial charge in [0.25, 0.3) is 10.0 Å². The summed E-state index contributed by atoms with van der Waals surface area (Å²) in [6, 6.07) is 9.18. The molecule has 0 aromatic heterocycles. The van der Waals surface area contributed by atoms with Crippen LogP contribution in [0, 0.1) is 0 Å². The van der Waals surface area contributed by atoms with E-state index in [1.807, 2.05) is 0 Å². The molecule has 24 heavy (non-hydrogen) atoms. The zero-order valence-electron chi connectivity index (χ0n) is 12.8. The number of rotatable bonds is 6. The van der Waals surface area contributed by atoms with Gasteiger partial charge in [0.15, 0.2) is 11.5 Å². The molecule has 0 aliphatic carbocycles. The maximum Gasteiger partial charge on any atom is 0.276 e. The number of benzene rings is 2. The van der Waals surface area contributed by atoms with Crippen LogP contribution in [0.2, 0.25) is 5.02 Å². The molecule has 0 unspecified atom stereocenters. The zero-order valence-corrected chi connectivity index (χ0v) is 15.9. The minimum atomic E-state index is -3.77. The van der Waals surface area contributed by atoms with Crippen molar-refractivity contribution in [3.63, 3.8) is 0 Å². The van der Waals surface area contributed by atoms with Crippen LogP contribution in [-0.4, -0.2) is 28.9 Å². The Morgan fingerprint density at radius 3 is 2.38 bits per heavy atom. The minimum absolute atomic E-state index is 0.0652. The number of ether oxygens (including phenoxy) is 2. The number of sulfonamides is 1. The highest BCUT2D eigenvalue weighted by Gasteiger charge is 2.13. The van der Waals surface area contributed by atoms with E-state index in [1.54, 1.807) is 12.1 Å². The highest BCUT2D eigenvalue weighted by atomic mass is 79.9. The van der Waals surface area contributed by atoms with Crippen LogP contribution in [0.4, 0.5) is 0 Å². The fraction of sp³-hybridized carbons (Fsp3) is 0.133. The molecule has 0 saturated heterocycles. The summed E-state index contributed by atoms with van der Waals surface area (Å²) in [6.45, 7) is 0. The van der Waals surface area contributed by atoms with E-state index < -0.39 is 10.0 Å². The predicted octanol–water partition coefficient (Wildman–Crippen LogP) is 3.43. The Kier molecular flexibility index (Phi) is 6.09. The van der Waals surface area contributed by atoms with Crippen molar-refractivity contribution >= 4 is 43.8 Å². The van der Waals surface area contributed by atoms with Gasteiger partial charge in [-0.15, -0.1) is 0 Å². The van der Waals surface area contributed by atoms with E-state index in [4.69, 9.17) is 21.1 Å². The normalized spacial score (nSPS) is 11.5. The van der Waals surface area contributed by atoms with Gasteiger partial charge < -0.3 is 9.47 Å². The van der Waals surface area contributed by atoms with Crippen molar-refractivity contribution < 1.29 is 17.9 Å². The number of hydrazone groups is 1. The molecule has 2 aromatic carbocycles. The predicted molar refractivity (Wildman–Crippen MR) is 96.6 cm³/mol. The molecule has 128 valence electrons. The van der Waals surface area contributed by atoms with Gasteiger partial charge in [0, 0.05) is 10.6 Å². The first kappa shape index (κ1) is 18.6. The summed E-state index contributed by atoms with van der Waals surface area (Å²) in [5.74, 6) is 1.03. The average molecular weight is 434 g/mol. The van der Waals surface area contributed by atoms with Crippen LogP contribution >= 0.6 is 27.5 Å². The molecule has 0 heterocycles. The first-order valence-corrected chi connectivity index (χ1v) is 9.25. The van der Waals surface area contributed by atoms with Crippen molar-refractivity contribution in [1.29, 1.82) is 0 Å². The summed E-state index contributed by atoms with van der Waals surface area (Å²) in [5.41, 5.74) is 0.617. The van der Waals surface area contributed by atoms with E-state index in [9.17, 15) is 8.42 Å². The highest BCUT2D eigenvalue weighted by molar-refractivity contribution is 9.10. The van der Waals surface area contributed by atoms with Gasteiger partial charge in [-0.25, -0.2) is 4.83 Å². The lowest BCUT2D eigenvalue weighted by molar-refractivity contribution is 0.353. The van der Waals surface area contributed by atoms with Crippen LogP contribution in [0.15, 0.2) is 50.9 Å². The molecule has 0 saturated carbocycles. The van der Waals surface area contributed by atoms with Gasteiger partial charge >= 0.3 is 0 Å². The van der Waals surface area contributed by atoms with Crippen molar-refractivity contribution in [3.8, 4) is 11.5 Å². The van der Waals surface area contributed by atoms with Crippen LogP contribution in [0.5, 0.6) is 11.5 Å². The van der Waals surface area contributed by atoms with Crippen molar-refractivity contribution in [2.75, 3.05) is 14.2 Å². The molecule has 0 atom stereocenters. The second kappa shape index (κ2) is 7.87. The molecule has 0 aliphatic rings. The second-order valence-corrected chi connectivity index (χ2v) is 7.40. The monoisotopic (exact) mass is 432 g/mol. The molecule has 0 amide bonds. The minimum Gasteiger partial charge on any atom is -0.493 e. The second-order valence-electron chi connectivity index (χ2n) is 4.51. The Labute approximate surface area is 153 Å². The molecule has 2 aromatic rings. The molecule has 0 spiro atoms. The van der Waals surface area contributed by atoms with Crippen molar-refractivity contribution in [1.82, 2.24) is 4.83 Å². The Hall–Kier alpha value is -1.77. The van der Waals surface area contributed by atoms with Crippen LogP contribution in [0.3, 0.4) is 0 Å². The molecule has 6 nitrogen and oxygen atoms in total. The lowest BCUT2D eigenvalue weighted by atomic mass is 10.2. The van der Waals surface area contributed by atoms with Gasteiger partial charge in [0.1, 0.15) is 0 Å². The Morgan fingerprint density at radius 1 is 1.12 bits per heavy atom. The van der Waals surface area contributed by atoms with Gasteiger partial charge in [0.05, 0.1) is 29.8 Å². The zero-order chi connectivity index (χ0) is 17.7. The Bertz CT molecular complexity index is 855. The standard InChI is InChI=1S/C15H14BrClN2O4S/c1-22-13-8-3-10(14(16)15(13)23-2)9-18-19-24(20,21)12-6-4-11(17)5-7-12/h3-9,19H,1-2H3/b18-9+. The fourth-order valence-electron chi connectivity index (χ4n) is 1.84. The quantitative estimate of drug-likeness (QED) is 0.559. The van der Waals surface area contributed by atoms with Gasteiger partial charge in [-0.05, 0) is 52.3 Å². The number of hydrogen-bond donors (Lipinski definition) is 1. The summed E-state index contributed by atoms with van der Waals surface area (Å²) in [7, 11) is -0.734. The molecule has 0 radical (unpaired) electrons. The maximum absolute atomic E-state index is 12.1. The number of methoxy groups -OCH3 is 2. The van der Waals surface area contributed by atoms with E-state index >= 15 is 0 Å². The average Bonchev–Trinajstić information content (AvgIpc) is 2.56. The first-order valence-electron chi connectivity index (χ1n) is 6.60. The number of nitrogens with one attached hydrogen (secondary N) is 1. The Morgan fingerprint density at radius 2 is 1.79 bits per heavy atom. The Balaban J connectivity index is 2.21. The molecule has 0 fully saturated rings. The third kappa shape index (κ3) is 4.19. The summed E-state index contributed by atoms with van der Waals surface area (Å²) >= 11 is 9.12. The van der Waals surface area contributed by atoms with Crippen LogP contribution in [0.25, 0.3) is 0 Å². The first-order chi connectivity index (χ1) is 11.4. The van der Waals surface area contributed by atoms with E-state index in [-0.39, 0.29) is 4.90 Å². The van der Waals surface area contributed by atoms with Crippen LogP contribution in [0.1, 0.15) is 5.56 Å².